The van der Waals surface area contributed by atoms with Gasteiger partial charge in [-0.1, -0.05) is 23.7 Å². The Morgan fingerprint density at radius 3 is 2.94 bits per heavy atom. The minimum atomic E-state index is -0.380. The van der Waals surface area contributed by atoms with Gasteiger partial charge in [0, 0.05) is 11.6 Å². The predicted molar refractivity (Wildman–Crippen MR) is 59.2 cm³/mol. The predicted octanol–water partition coefficient (Wildman–Crippen LogP) is 1.74. The molecule has 0 spiro atoms. The number of halogens is 1. The number of carbonyl (C=O) groups is 2. The first-order chi connectivity index (χ1) is 7.68. The van der Waals surface area contributed by atoms with Gasteiger partial charge in [0.15, 0.2) is 5.78 Å². The molecule has 0 radical (unpaired) electrons. The Morgan fingerprint density at radius 1 is 1.31 bits per heavy atom. The first-order valence-corrected chi connectivity index (χ1v) is 5.66. The number of hydrogen-bond acceptors (Lipinski definition) is 2. The zero-order valence-corrected chi connectivity index (χ0v) is 9.33. The molecule has 1 aromatic rings. The second-order valence-electron chi connectivity index (χ2n) is 4.19. The van der Waals surface area contributed by atoms with Gasteiger partial charge in [-0.15, -0.1) is 0 Å². The molecular weight excluding hydrogens is 226 g/mol. The third-order valence-electron chi connectivity index (χ3n) is 3.31. The molecule has 0 aromatic heterocycles. The van der Waals surface area contributed by atoms with Crippen LogP contribution in [0.2, 0.25) is 5.02 Å². The van der Waals surface area contributed by atoms with Gasteiger partial charge < -0.3 is 4.90 Å². The van der Waals surface area contributed by atoms with E-state index >= 15 is 0 Å². The highest BCUT2D eigenvalue weighted by Gasteiger charge is 2.42. The molecule has 1 fully saturated rings. The number of rotatable bonds is 0. The van der Waals surface area contributed by atoms with Crippen LogP contribution >= 0.6 is 11.6 Å². The van der Waals surface area contributed by atoms with Crippen molar-refractivity contribution in [2.75, 3.05) is 6.54 Å². The van der Waals surface area contributed by atoms with Crippen LogP contribution in [0.3, 0.4) is 0 Å². The third-order valence-corrected chi connectivity index (χ3v) is 3.67. The number of carbonyl (C=O) groups excluding carboxylic acids is 2. The van der Waals surface area contributed by atoms with Crippen molar-refractivity contribution >= 4 is 23.3 Å². The Kier molecular flexibility index (Phi) is 2.04. The number of hydrogen-bond donors (Lipinski definition) is 0. The summed E-state index contributed by atoms with van der Waals surface area (Å²) < 4.78 is 0. The van der Waals surface area contributed by atoms with Crippen LogP contribution in [0.1, 0.15) is 23.6 Å². The molecular formula is C12H10ClNO2. The van der Waals surface area contributed by atoms with E-state index in [1.54, 1.807) is 4.90 Å². The monoisotopic (exact) mass is 235 g/mol. The molecule has 1 unspecified atom stereocenters. The molecule has 0 saturated carbocycles. The van der Waals surface area contributed by atoms with Crippen LogP contribution in [0, 0.1) is 0 Å². The lowest BCUT2D eigenvalue weighted by molar-refractivity contribution is -0.129. The normalized spacial score (nSPS) is 23.3. The molecule has 2 heterocycles. The summed E-state index contributed by atoms with van der Waals surface area (Å²) in [5.74, 6) is -0.0613. The van der Waals surface area contributed by atoms with Crippen molar-refractivity contribution in [3.63, 3.8) is 0 Å². The Morgan fingerprint density at radius 2 is 2.12 bits per heavy atom. The van der Waals surface area contributed by atoms with Crippen molar-refractivity contribution < 1.29 is 9.59 Å². The van der Waals surface area contributed by atoms with Crippen LogP contribution in [0.4, 0.5) is 0 Å². The molecule has 1 amide bonds. The lowest BCUT2D eigenvalue weighted by Gasteiger charge is -2.31. The summed E-state index contributed by atoms with van der Waals surface area (Å²) in [6.45, 7) is 0.603. The van der Waals surface area contributed by atoms with Crippen LogP contribution in [0.15, 0.2) is 18.2 Å². The van der Waals surface area contributed by atoms with Gasteiger partial charge in [0.25, 0.3) is 0 Å². The first kappa shape index (κ1) is 9.85. The minimum absolute atomic E-state index is 0.00628. The zero-order chi connectivity index (χ0) is 11.3. The van der Waals surface area contributed by atoms with Crippen LogP contribution in [-0.2, 0) is 16.0 Å². The smallest absolute Gasteiger partial charge is 0.231 e. The van der Waals surface area contributed by atoms with Crippen molar-refractivity contribution in [1.82, 2.24) is 4.90 Å². The Bertz CT molecular complexity index is 498. The summed E-state index contributed by atoms with van der Waals surface area (Å²) in [6, 6.07) is 5.18. The van der Waals surface area contributed by atoms with Crippen molar-refractivity contribution in [2.24, 2.45) is 0 Å². The van der Waals surface area contributed by atoms with E-state index in [0.29, 0.717) is 11.6 Å². The summed E-state index contributed by atoms with van der Waals surface area (Å²) >= 11 is 6.10. The lowest BCUT2D eigenvalue weighted by atomic mass is 9.92. The maximum Gasteiger partial charge on any atom is 0.231 e. The molecule has 4 heteroatoms. The largest absolute Gasteiger partial charge is 0.328 e. The Balaban J connectivity index is 2.16. The van der Waals surface area contributed by atoms with Crippen LogP contribution < -0.4 is 0 Å². The van der Waals surface area contributed by atoms with Crippen LogP contribution in [0.25, 0.3) is 0 Å². The number of amides is 1. The second-order valence-corrected chi connectivity index (χ2v) is 4.60. The van der Waals surface area contributed by atoms with Gasteiger partial charge in [0.2, 0.25) is 5.91 Å². The van der Waals surface area contributed by atoms with Gasteiger partial charge in [0.1, 0.15) is 6.04 Å². The molecule has 0 aliphatic carbocycles. The van der Waals surface area contributed by atoms with Gasteiger partial charge in [-0.2, -0.15) is 0 Å². The summed E-state index contributed by atoms with van der Waals surface area (Å²) in [5, 5.41) is 0.698. The zero-order valence-electron chi connectivity index (χ0n) is 8.57. The molecule has 82 valence electrons. The van der Waals surface area contributed by atoms with E-state index in [0.717, 1.165) is 17.5 Å². The summed E-state index contributed by atoms with van der Waals surface area (Å²) in [4.78, 5) is 25.0. The Labute approximate surface area is 98.0 Å². The van der Waals surface area contributed by atoms with E-state index < -0.39 is 0 Å². The highest BCUT2D eigenvalue weighted by Crippen LogP contribution is 2.38. The second kappa shape index (κ2) is 3.32. The highest BCUT2D eigenvalue weighted by molar-refractivity contribution is 6.31. The van der Waals surface area contributed by atoms with Crippen LogP contribution in [-0.4, -0.2) is 23.1 Å². The molecule has 1 saturated heterocycles. The van der Waals surface area contributed by atoms with E-state index in [4.69, 9.17) is 11.6 Å². The molecule has 16 heavy (non-hydrogen) atoms. The Hall–Kier alpha value is -1.35. The van der Waals surface area contributed by atoms with Crippen molar-refractivity contribution in [1.29, 1.82) is 0 Å². The van der Waals surface area contributed by atoms with Gasteiger partial charge in [-0.3, -0.25) is 9.59 Å². The van der Waals surface area contributed by atoms with Crippen molar-refractivity contribution in [3.8, 4) is 0 Å². The fraction of sp³-hybridized carbons (Fsp3) is 0.333. The topological polar surface area (TPSA) is 37.4 Å². The molecule has 0 N–H and O–H groups in total. The molecule has 3 nitrogen and oxygen atoms in total. The number of benzene rings is 1. The van der Waals surface area contributed by atoms with E-state index in [9.17, 15) is 9.59 Å². The van der Waals surface area contributed by atoms with Gasteiger partial charge in [0.05, 0.1) is 6.42 Å². The number of ketones is 1. The maximum absolute atomic E-state index is 11.8. The number of fused-ring (bicyclic) bond motifs is 3. The quantitative estimate of drug-likeness (QED) is 0.643. The lowest BCUT2D eigenvalue weighted by Crippen LogP contribution is -2.35. The van der Waals surface area contributed by atoms with Crippen LogP contribution in [0.5, 0.6) is 0 Å². The maximum atomic E-state index is 11.8. The van der Waals surface area contributed by atoms with Gasteiger partial charge in [-0.25, -0.2) is 0 Å². The molecule has 1 aromatic carbocycles. The number of nitrogens with zero attached hydrogens (tertiary/aromatic N) is 1. The minimum Gasteiger partial charge on any atom is -0.328 e. The molecule has 2 aliphatic heterocycles. The average Bonchev–Trinajstić information content (AvgIpc) is 2.55. The summed E-state index contributed by atoms with van der Waals surface area (Å²) in [6.07, 6.45) is 0.779. The summed E-state index contributed by atoms with van der Waals surface area (Å²) in [5.41, 5.74) is 1.93. The molecule has 2 aliphatic rings. The summed E-state index contributed by atoms with van der Waals surface area (Å²) in [7, 11) is 0. The van der Waals surface area contributed by atoms with Crippen molar-refractivity contribution in [3.05, 3.63) is 34.3 Å². The molecule has 1 atom stereocenters. The standard InChI is InChI=1S/C12H10ClNO2/c13-9-3-1-2-8-7(9)4-5-14-11(16)6-10(15)12(8)14/h1-3,12H,4-6H2. The molecule has 3 rings (SSSR count). The van der Waals surface area contributed by atoms with E-state index in [1.165, 1.54) is 0 Å². The van der Waals surface area contributed by atoms with Gasteiger partial charge in [-0.05, 0) is 23.6 Å². The molecule has 0 bridgehead atoms. The SMILES string of the molecule is O=C1CC(=O)N2CCc3c(Cl)cccc3C12. The van der Waals surface area contributed by atoms with E-state index in [2.05, 4.69) is 0 Å². The fourth-order valence-electron chi connectivity index (χ4n) is 2.59. The third kappa shape index (κ3) is 1.21. The van der Waals surface area contributed by atoms with E-state index in [-0.39, 0.29) is 24.2 Å². The van der Waals surface area contributed by atoms with Crippen molar-refractivity contribution in [2.45, 2.75) is 18.9 Å². The average molecular weight is 236 g/mol. The van der Waals surface area contributed by atoms with Gasteiger partial charge >= 0.3 is 0 Å². The first-order valence-electron chi connectivity index (χ1n) is 5.28. The number of Topliss-reactive ketones (excluding diaryl/α,β-unsaturated/α-hetero) is 1. The highest BCUT2D eigenvalue weighted by atomic mass is 35.5. The van der Waals surface area contributed by atoms with E-state index in [1.807, 2.05) is 18.2 Å². The fourth-order valence-corrected chi connectivity index (χ4v) is 2.86.